The SMILES string of the molecule is CC.CC(C)(Sc1cc(C(C)(C)C)c(O)c(C(C)(C)C)c1)Sc1cc(C(C)(C)C)c(OCC[C@H](CO)CCO)c(C(C)(C)C)c1.CCO. The van der Waals surface area contributed by atoms with E-state index in [4.69, 9.17) is 9.84 Å². The predicted octanol–water partition coefficient (Wildman–Crippen LogP) is 11.0. The first kappa shape index (κ1) is 46.6. The van der Waals surface area contributed by atoms with E-state index in [2.05, 4.69) is 121 Å². The van der Waals surface area contributed by atoms with Crippen molar-refractivity contribution in [3.05, 3.63) is 46.5 Å². The molecular weight excluding hydrogens is 637 g/mol. The summed E-state index contributed by atoms with van der Waals surface area (Å²) in [7, 11) is 0. The van der Waals surface area contributed by atoms with Crippen LogP contribution < -0.4 is 4.74 Å². The Hall–Kier alpha value is -1.38. The van der Waals surface area contributed by atoms with Gasteiger partial charge in [0.25, 0.3) is 0 Å². The largest absolute Gasteiger partial charge is 0.507 e. The minimum atomic E-state index is -0.188. The normalized spacial score (nSPS) is 13.2. The zero-order chi connectivity index (χ0) is 37.9. The summed E-state index contributed by atoms with van der Waals surface area (Å²) < 4.78 is 6.36. The van der Waals surface area contributed by atoms with E-state index in [9.17, 15) is 15.3 Å². The summed E-state index contributed by atoms with van der Waals surface area (Å²) in [5, 5.41) is 37.9. The summed E-state index contributed by atoms with van der Waals surface area (Å²) in [6.07, 6.45) is 1.28. The Morgan fingerprint density at radius 3 is 1.23 bits per heavy atom. The van der Waals surface area contributed by atoms with Crippen LogP contribution in [0.15, 0.2) is 34.1 Å². The quantitative estimate of drug-likeness (QED) is 0.136. The van der Waals surface area contributed by atoms with Gasteiger partial charge >= 0.3 is 0 Å². The molecular formula is C41H72O5S2. The molecule has 0 aliphatic heterocycles. The fourth-order valence-corrected chi connectivity index (χ4v) is 7.75. The van der Waals surface area contributed by atoms with Crippen LogP contribution in [0.1, 0.15) is 153 Å². The highest BCUT2D eigenvalue weighted by Gasteiger charge is 2.32. The first-order valence-corrected chi connectivity index (χ1v) is 19.4. The van der Waals surface area contributed by atoms with Gasteiger partial charge in [-0.2, -0.15) is 0 Å². The second-order valence-electron chi connectivity index (χ2n) is 16.8. The van der Waals surface area contributed by atoms with Crippen LogP contribution >= 0.6 is 23.5 Å². The van der Waals surface area contributed by atoms with E-state index in [1.54, 1.807) is 6.92 Å². The van der Waals surface area contributed by atoms with Crippen molar-refractivity contribution in [2.45, 2.75) is 166 Å². The number of thioether (sulfide) groups is 2. The average Bonchev–Trinajstić information content (AvgIpc) is 2.92. The van der Waals surface area contributed by atoms with Crippen LogP contribution in [-0.4, -0.2) is 50.9 Å². The van der Waals surface area contributed by atoms with Gasteiger partial charge in [-0.1, -0.05) is 96.9 Å². The Labute approximate surface area is 304 Å². The molecule has 0 heterocycles. The maximum Gasteiger partial charge on any atom is 0.126 e. The Balaban J connectivity index is 0.00000417. The van der Waals surface area contributed by atoms with E-state index in [1.807, 2.05) is 37.4 Å². The lowest BCUT2D eigenvalue weighted by Crippen LogP contribution is -2.22. The first-order chi connectivity index (χ1) is 21.8. The third-order valence-electron chi connectivity index (χ3n) is 7.67. The lowest BCUT2D eigenvalue weighted by molar-refractivity contribution is 0.157. The Bertz CT molecular complexity index is 1170. The molecule has 0 aromatic heterocycles. The summed E-state index contributed by atoms with van der Waals surface area (Å²) in [6, 6.07) is 8.94. The molecule has 0 fully saturated rings. The van der Waals surface area contributed by atoms with E-state index in [-0.39, 0.29) is 51.5 Å². The van der Waals surface area contributed by atoms with Crippen molar-refractivity contribution < 1.29 is 25.2 Å². The molecule has 0 unspecified atom stereocenters. The van der Waals surface area contributed by atoms with Gasteiger partial charge in [-0.3, -0.25) is 0 Å². The standard InChI is InChI=1S/C37H60O4S2.C2H6O.C2H6/c1-33(2,3)27-19-25(20-28(31(27)40)34(4,5)6)42-37(13,14)43-26-21-29(35(7,8)9)32(30(22-26)36(10,11)12)41-18-16-24(23-39)15-17-38;1-2-3;1-2/h19-22,24,38-40H,15-18,23H2,1-14H3;3H,2H2,1H3;1-2H3/t24-;;/m1../s1. The van der Waals surface area contributed by atoms with Crippen molar-refractivity contribution >= 4 is 23.5 Å². The number of phenols is 1. The molecule has 0 amide bonds. The lowest BCUT2D eigenvalue weighted by atomic mass is 9.79. The smallest absolute Gasteiger partial charge is 0.126 e. The highest BCUT2D eigenvalue weighted by atomic mass is 32.2. The van der Waals surface area contributed by atoms with Crippen LogP contribution in [0.4, 0.5) is 0 Å². The number of hydrogen-bond acceptors (Lipinski definition) is 7. The van der Waals surface area contributed by atoms with Gasteiger partial charge in [0.15, 0.2) is 0 Å². The second kappa shape index (κ2) is 19.3. The minimum Gasteiger partial charge on any atom is -0.507 e. The van der Waals surface area contributed by atoms with Crippen LogP contribution in [0.3, 0.4) is 0 Å². The second-order valence-corrected chi connectivity index (χ2v) is 20.5. The van der Waals surface area contributed by atoms with E-state index in [0.29, 0.717) is 25.2 Å². The maximum atomic E-state index is 11.2. The number of ether oxygens (including phenoxy) is 1. The third kappa shape index (κ3) is 14.8. The van der Waals surface area contributed by atoms with Crippen molar-refractivity contribution in [1.29, 1.82) is 0 Å². The van der Waals surface area contributed by atoms with Gasteiger partial charge in [0.2, 0.25) is 0 Å². The summed E-state index contributed by atoms with van der Waals surface area (Å²) in [5.74, 6) is 1.39. The number of aliphatic hydroxyl groups is 3. The molecule has 0 saturated carbocycles. The van der Waals surface area contributed by atoms with E-state index >= 15 is 0 Å². The third-order valence-corrected chi connectivity index (χ3v) is 10.1. The van der Waals surface area contributed by atoms with Gasteiger partial charge in [0.05, 0.1) is 10.7 Å². The van der Waals surface area contributed by atoms with E-state index in [0.717, 1.165) is 16.9 Å². The average molecular weight is 709 g/mol. The molecule has 5 nitrogen and oxygen atoms in total. The summed E-state index contributed by atoms with van der Waals surface area (Å²) in [4.78, 5) is 2.37. The van der Waals surface area contributed by atoms with Gasteiger partial charge < -0.3 is 25.2 Å². The Morgan fingerprint density at radius 1 is 0.604 bits per heavy atom. The van der Waals surface area contributed by atoms with Gasteiger partial charge in [-0.25, -0.2) is 0 Å². The summed E-state index contributed by atoms with van der Waals surface area (Å²) >= 11 is 3.71. The van der Waals surface area contributed by atoms with Crippen LogP contribution in [0, 0.1) is 5.92 Å². The highest BCUT2D eigenvalue weighted by molar-refractivity contribution is 8.18. The number of rotatable bonds is 11. The fourth-order valence-electron chi connectivity index (χ4n) is 5.17. The molecule has 0 radical (unpaired) electrons. The Morgan fingerprint density at radius 2 is 0.938 bits per heavy atom. The van der Waals surface area contributed by atoms with Crippen LogP contribution in [0.25, 0.3) is 0 Å². The molecule has 4 N–H and O–H groups in total. The summed E-state index contributed by atoms with van der Waals surface area (Å²) in [5.41, 5.74) is 3.71. The molecule has 0 bridgehead atoms. The molecule has 48 heavy (non-hydrogen) atoms. The molecule has 278 valence electrons. The molecule has 2 rings (SSSR count). The number of aromatic hydroxyl groups is 1. The molecule has 7 heteroatoms. The van der Waals surface area contributed by atoms with E-state index < -0.39 is 0 Å². The molecule has 0 saturated heterocycles. The zero-order valence-corrected chi connectivity index (χ0v) is 35.3. The van der Waals surface area contributed by atoms with Gasteiger partial charge in [0, 0.05) is 51.9 Å². The van der Waals surface area contributed by atoms with Crippen LogP contribution in [-0.2, 0) is 21.7 Å². The zero-order valence-electron chi connectivity index (χ0n) is 33.6. The molecule has 2 aromatic rings. The number of benzene rings is 2. The minimum absolute atomic E-state index is 0.0336. The molecule has 2 aromatic carbocycles. The van der Waals surface area contributed by atoms with Gasteiger partial charge in [-0.05, 0) is 85.5 Å². The van der Waals surface area contributed by atoms with Crippen molar-refractivity contribution in [2.75, 3.05) is 26.4 Å². The summed E-state index contributed by atoms with van der Waals surface area (Å²) in [6.45, 7) is 37.5. The number of aliphatic hydroxyl groups excluding tert-OH is 3. The van der Waals surface area contributed by atoms with Crippen molar-refractivity contribution in [3.63, 3.8) is 0 Å². The van der Waals surface area contributed by atoms with Crippen molar-refractivity contribution in [2.24, 2.45) is 5.92 Å². The monoisotopic (exact) mass is 708 g/mol. The maximum absolute atomic E-state index is 11.2. The predicted molar refractivity (Wildman–Crippen MR) is 212 cm³/mol. The van der Waals surface area contributed by atoms with Gasteiger partial charge in [0.1, 0.15) is 11.5 Å². The van der Waals surface area contributed by atoms with E-state index in [1.165, 1.54) is 20.9 Å². The molecule has 0 spiro atoms. The molecule has 0 aliphatic carbocycles. The van der Waals surface area contributed by atoms with Gasteiger partial charge in [-0.15, -0.1) is 23.5 Å². The highest BCUT2D eigenvalue weighted by Crippen LogP contribution is 2.51. The fraction of sp³-hybridized carbons (Fsp3) is 0.707. The lowest BCUT2D eigenvalue weighted by Gasteiger charge is -2.33. The molecule has 1 atom stereocenters. The van der Waals surface area contributed by atoms with Crippen molar-refractivity contribution in [1.82, 2.24) is 0 Å². The Kier molecular flexibility index (Phi) is 18.7. The van der Waals surface area contributed by atoms with Crippen LogP contribution in [0.2, 0.25) is 0 Å². The van der Waals surface area contributed by atoms with Crippen LogP contribution in [0.5, 0.6) is 11.5 Å². The van der Waals surface area contributed by atoms with Crippen molar-refractivity contribution in [3.8, 4) is 11.5 Å². The molecule has 0 aliphatic rings. The number of hydrogen-bond donors (Lipinski definition) is 4. The number of phenolic OH excluding ortho intramolecular Hbond substituents is 1. The topological polar surface area (TPSA) is 90.2 Å². The first-order valence-electron chi connectivity index (χ1n) is 17.7.